The second kappa shape index (κ2) is 8.87. The van der Waals surface area contributed by atoms with Crippen LogP contribution in [-0.4, -0.2) is 29.1 Å². The Balaban J connectivity index is 1.39. The Kier molecular flexibility index (Phi) is 5.62. The van der Waals surface area contributed by atoms with Crippen LogP contribution in [0.2, 0.25) is 5.02 Å². The van der Waals surface area contributed by atoms with E-state index >= 15 is 0 Å². The maximum absolute atomic E-state index is 13.9. The first-order valence-corrected chi connectivity index (χ1v) is 10.3. The first-order chi connectivity index (χ1) is 16.0. The highest BCUT2D eigenvalue weighted by Crippen LogP contribution is 2.34. The lowest BCUT2D eigenvalue weighted by molar-refractivity contribution is 0.346. The van der Waals surface area contributed by atoms with Crippen LogP contribution in [0.3, 0.4) is 0 Å². The minimum absolute atomic E-state index is 0.128. The van der Waals surface area contributed by atoms with Crippen LogP contribution >= 0.6 is 11.6 Å². The Bertz CT molecular complexity index is 1380. The second-order valence-electron chi connectivity index (χ2n) is 7.06. The number of hydrogen-bond donors (Lipinski definition) is 2. The van der Waals surface area contributed by atoms with E-state index in [4.69, 9.17) is 21.1 Å². The Morgan fingerprint density at radius 2 is 1.73 bits per heavy atom. The number of aliphatic imine (C=N–C) groups is 1. The topological polar surface area (TPSA) is 80.7 Å². The fourth-order valence-corrected chi connectivity index (χ4v) is 3.46. The Morgan fingerprint density at radius 1 is 0.909 bits per heavy atom. The molecule has 33 heavy (non-hydrogen) atoms. The van der Waals surface area contributed by atoms with Crippen LogP contribution in [0, 0.1) is 11.6 Å². The van der Waals surface area contributed by atoms with E-state index < -0.39 is 11.6 Å². The fourth-order valence-electron chi connectivity index (χ4n) is 3.24. The first kappa shape index (κ1) is 20.9. The highest BCUT2D eigenvalue weighted by Gasteiger charge is 2.12. The average Bonchev–Trinajstić information content (AvgIpc) is 3.31. The molecule has 0 spiro atoms. The van der Waals surface area contributed by atoms with Gasteiger partial charge in [0.25, 0.3) is 6.02 Å². The molecule has 2 N–H and O–H groups in total. The van der Waals surface area contributed by atoms with Gasteiger partial charge in [0, 0.05) is 22.8 Å². The van der Waals surface area contributed by atoms with Gasteiger partial charge < -0.3 is 20.1 Å². The van der Waals surface area contributed by atoms with Crippen molar-refractivity contribution in [3.63, 3.8) is 0 Å². The molecule has 1 aliphatic heterocycles. The number of halogens is 3. The summed E-state index contributed by atoms with van der Waals surface area (Å²) in [7, 11) is 0. The molecule has 0 bridgehead atoms. The van der Waals surface area contributed by atoms with Gasteiger partial charge in [0.2, 0.25) is 0 Å². The lowest BCUT2D eigenvalue weighted by Crippen LogP contribution is -2.11. The van der Waals surface area contributed by atoms with Gasteiger partial charge in [-0.15, -0.1) is 0 Å². The van der Waals surface area contributed by atoms with Gasteiger partial charge >= 0.3 is 0 Å². The molecule has 0 radical (unpaired) electrons. The molecule has 0 unspecified atom stereocenters. The maximum Gasteiger partial charge on any atom is 0.289 e. The van der Waals surface area contributed by atoms with Crippen LogP contribution in [0.5, 0.6) is 11.5 Å². The summed E-state index contributed by atoms with van der Waals surface area (Å²) < 4.78 is 37.9. The van der Waals surface area contributed by atoms with Gasteiger partial charge in [0.1, 0.15) is 30.3 Å². The smallest absolute Gasteiger partial charge is 0.289 e. The highest BCUT2D eigenvalue weighted by atomic mass is 35.5. The summed E-state index contributed by atoms with van der Waals surface area (Å²) >= 11 is 6.34. The van der Waals surface area contributed by atoms with E-state index in [9.17, 15) is 8.78 Å². The summed E-state index contributed by atoms with van der Waals surface area (Å²) in [5.41, 5.74) is 2.16. The minimum Gasteiger partial charge on any atom is -0.463 e. The molecule has 10 heteroatoms. The van der Waals surface area contributed by atoms with E-state index in [2.05, 4.69) is 25.6 Å². The predicted molar refractivity (Wildman–Crippen MR) is 123 cm³/mol. The highest BCUT2D eigenvalue weighted by molar-refractivity contribution is 6.32. The van der Waals surface area contributed by atoms with Crippen LogP contribution in [0.25, 0.3) is 10.9 Å². The number of fused-ring (bicyclic) bond motifs is 1. The molecule has 0 saturated heterocycles. The fraction of sp³-hybridized carbons (Fsp3) is 0.0870. The number of nitrogens with one attached hydrogen (secondary N) is 2. The van der Waals surface area contributed by atoms with Gasteiger partial charge in [-0.1, -0.05) is 11.6 Å². The number of amidine groups is 1. The third kappa shape index (κ3) is 4.63. The monoisotopic (exact) mass is 467 g/mol. The summed E-state index contributed by atoms with van der Waals surface area (Å²) in [6.45, 7) is 1.18. The van der Waals surface area contributed by atoms with E-state index in [1.165, 1.54) is 12.4 Å². The van der Waals surface area contributed by atoms with Gasteiger partial charge in [0.05, 0.1) is 17.1 Å². The van der Waals surface area contributed by atoms with Crippen molar-refractivity contribution in [1.82, 2.24) is 9.97 Å². The number of hydrogen-bond acceptors (Lipinski definition) is 7. The minimum atomic E-state index is -0.820. The van der Waals surface area contributed by atoms with Crippen molar-refractivity contribution in [1.29, 1.82) is 0 Å². The zero-order valence-corrected chi connectivity index (χ0v) is 17.7. The maximum atomic E-state index is 13.9. The quantitative estimate of drug-likeness (QED) is 0.380. The largest absolute Gasteiger partial charge is 0.463 e. The molecule has 4 aromatic rings. The number of benzene rings is 3. The molecule has 3 aromatic carbocycles. The number of rotatable bonds is 5. The van der Waals surface area contributed by atoms with Gasteiger partial charge in [0.15, 0.2) is 11.6 Å². The molecule has 0 fully saturated rings. The summed E-state index contributed by atoms with van der Waals surface area (Å²) in [6, 6.07) is 14.1. The van der Waals surface area contributed by atoms with E-state index in [1.807, 2.05) is 18.2 Å². The molecule has 2 heterocycles. The Labute approximate surface area is 192 Å². The molecule has 166 valence electrons. The normalized spacial score (nSPS) is 12.9. The van der Waals surface area contributed by atoms with E-state index in [1.54, 1.807) is 18.2 Å². The van der Waals surface area contributed by atoms with Crippen molar-refractivity contribution in [2.45, 2.75) is 0 Å². The second-order valence-corrected chi connectivity index (χ2v) is 7.47. The van der Waals surface area contributed by atoms with Gasteiger partial charge in [-0.2, -0.15) is 0 Å². The van der Waals surface area contributed by atoms with Crippen molar-refractivity contribution in [2.75, 3.05) is 23.8 Å². The van der Waals surface area contributed by atoms with Crippen molar-refractivity contribution in [2.24, 2.45) is 4.99 Å². The van der Waals surface area contributed by atoms with Crippen LogP contribution in [0.1, 0.15) is 0 Å². The summed E-state index contributed by atoms with van der Waals surface area (Å²) in [6.07, 6.45) is 1.46. The lowest BCUT2D eigenvalue weighted by atomic mass is 10.2. The zero-order valence-electron chi connectivity index (χ0n) is 17.0. The van der Waals surface area contributed by atoms with Crippen LogP contribution in [0.4, 0.5) is 26.0 Å². The van der Waals surface area contributed by atoms with E-state index in [-0.39, 0.29) is 16.5 Å². The zero-order chi connectivity index (χ0) is 22.8. The van der Waals surface area contributed by atoms with Crippen molar-refractivity contribution in [3.8, 4) is 11.5 Å². The average molecular weight is 468 g/mol. The van der Waals surface area contributed by atoms with Gasteiger partial charge in [-0.05, 0) is 48.5 Å². The molecule has 0 atom stereocenters. The molecule has 0 aliphatic carbocycles. The van der Waals surface area contributed by atoms with Gasteiger partial charge in [-0.25, -0.2) is 23.7 Å². The molecule has 7 nitrogen and oxygen atoms in total. The Hall–Kier alpha value is -3.98. The SMILES string of the molecule is Fc1ccc(Oc2ccc(Nc3ncnc4ccc(NC5=NCCO5)cc34)cc2Cl)c(F)c1. The van der Waals surface area contributed by atoms with E-state index in [0.29, 0.717) is 30.7 Å². The molecule has 1 aromatic heterocycles. The molecular weight excluding hydrogens is 452 g/mol. The standard InChI is InChI=1S/C23H16ClF2N5O2/c24-17-11-15(3-6-20(17)33-21-5-1-13(25)9-18(21)26)30-22-16-10-14(31-23-27-7-8-32-23)2-4-19(16)28-12-29-22/h1-6,9-12H,7-8H2,(H,27,31)(H,28,29,30). The predicted octanol–water partition coefficient (Wildman–Crippen LogP) is 5.90. The molecule has 0 saturated carbocycles. The van der Waals surface area contributed by atoms with Gasteiger partial charge in [-0.3, -0.25) is 0 Å². The summed E-state index contributed by atoms with van der Waals surface area (Å²) in [5, 5.41) is 7.35. The third-order valence-corrected chi connectivity index (χ3v) is 5.08. The first-order valence-electron chi connectivity index (χ1n) is 9.94. The summed E-state index contributed by atoms with van der Waals surface area (Å²) in [5.74, 6) is -0.850. The number of ether oxygens (including phenoxy) is 2. The van der Waals surface area contributed by atoms with Crippen molar-refractivity contribution in [3.05, 3.63) is 77.6 Å². The van der Waals surface area contributed by atoms with Crippen LogP contribution in [0.15, 0.2) is 65.9 Å². The molecule has 0 amide bonds. The van der Waals surface area contributed by atoms with Crippen molar-refractivity contribution < 1.29 is 18.3 Å². The number of anilines is 3. The van der Waals surface area contributed by atoms with Crippen molar-refractivity contribution >= 4 is 45.7 Å². The van der Waals surface area contributed by atoms with Crippen LogP contribution in [-0.2, 0) is 4.74 Å². The van der Waals surface area contributed by atoms with E-state index in [0.717, 1.165) is 28.7 Å². The number of nitrogens with zero attached hydrogens (tertiary/aromatic N) is 3. The lowest BCUT2D eigenvalue weighted by Gasteiger charge is -2.13. The molecule has 1 aliphatic rings. The number of aromatic nitrogens is 2. The van der Waals surface area contributed by atoms with Crippen LogP contribution < -0.4 is 15.4 Å². The summed E-state index contributed by atoms with van der Waals surface area (Å²) in [4.78, 5) is 12.9. The molecular formula is C23H16ClF2N5O2. The Morgan fingerprint density at radius 3 is 2.52 bits per heavy atom. The molecule has 5 rings (SSSR count). The third-order valence-electron chi connectivity index (χ3n) is 4.78.